The first-order valence-electron chi connectivity index (χ1n) is 9.69. The lowest BCUT2D eigenvalue weighted by atomic mass is 10.0. The van der Waals surface area contributed by atoms with Crippen molar-refractivity contribution >= 4 is 35.1 Å². The summed E-state index contributed by atoms with van der Waals surface area (Å²) in [6, 6.07) is 7.66. The molecule has 0 unspecified atom stereocenters. The quantitative estimate of drug-likeness (QED) is 0.710. The number of aryl methyl sites for hydroxylation is 1. The predicted molar refractivity (Wildman–Crippen MR) is 112 cm³/mol. The number of amides is 2. The summed E-state index contributed by atoms with van der Waals surface area (Å²) in [5, 5.41) is 3.33. The SMILES string of the molecule is COc1ccc2c(c1OC)C(=O)O[C@@H]2N1C(=O)CC[C@H]1C(=O)Nc1cc(Cl)ccc1C. The van der Waals surface area contributed by atoms with E-state index >= 15 is 0 Å². The smallest absolute Gasteiger partial charge is 0.344 e. The molecule has 1 N–H and O–H groups in total. The minimum Gasteiger partial charge on any atom is -0.493 e. The van der Waals surface area contributed by atoms with Crippen LogP contribution in [-0.2, 0) is 14.3 Å². The number of esters is 1. The van der Waals surface area contributed by atoms with Crippen LogP contribution >= 0.6 is 11.6 Å². The molecule has 162 valence electrons. The van der Waals surface area contributed by atoms with Crippen LogP contribution < -0.4 is 14.8 Å². The zero-order chi connectivity index (χ0) is 22.3. The number of nitrogens with zero attached hydrogens (tertiary/aromatic N) is 1. The van der Waals surface area contributed by atoms with Crippen LogP contribution in [0.3, 0.4) is 0 Å². The largest absolute Gasteiger partial charge is 0.493 e. The van der Waals surface area contributed by atoms with Crippen molar-refractivity contribution in [1.82, 2.24) is 4.90 Å². The summed E-state index contributed by atoms with van der Waals surface area (Å²) >= 11 is 6.05. The molecule has 4 rings (SSSR count). The van der Waals surface area contributed by atoms with Crippen molar-refractivity contribution in [3.8, 4) is 11.5 Å². The number of cyclic esters (lactones) is 1. The van der Waals surface area contributed by atoms with Gasteiger partial charge in [-0.15, -0.1) is 0 Å². The van der Waals surface area contributed by atoms with Crippen LogP contribution in [0, 0.1) is 6.92 Å². The second-order valence-electron chi connectivity index (χ2n) is 7.33. The highest BCUT2D eigenvalue weighted by Gasteiger charge is 2.47. The van der Waals surface area contributed by atoms with Gasteiger partial charge in [0.25, 0.3) is 0 Å². The molecule has 2 aromatic carbocycles. The minimum atomic E-state index is -1.02. The van der Waals surface area contributed by atoms with E-state index in [2.05, 4.69) is 5.32 Å². The number of likely N-dealkylation sites (tertiary alicyclic amines) is 1. The molecule has 1 fully saturated rings. The van der Waals surface area contributed by atoms with Crippen molar-refractivity contribution < 1.29 is 28.6 Å². The number of carbonyl (C=O) groups is 3. The standard InChI is InChI=1S/C22H21ClN2O6/c1-11-4-5-12(23)10-14(11)24-20(27)15-7-9-17(26)25(15)21-13-6-8-16(29-2)19(30-3)18(13)22(28)31-21/h4-6,8,10,15,21H,7,9H2,1-3H3,(H,24,27)/t15-,21-/m0/s1. The van der Waals surface area contributed by atoms with Crippen LogP contribution in [0.5, 0.6) is 11.5 Å². The maximum absolute atomic E-state index is 13.1. The van der Waals surface area contributed by atoms with E-state index in [-0.39, 0.29) is 29.5 Å². The van der Waals surface area contributed by atoms with Gasteiger partial charge in [-0.1, -0.05) is 17.7 Å². The van der Waals surface area contributed by atoms with Gasteiger partial charge >= 0.3 is 5.97 Å². The Morgan fingerprint density at radius 1 is 1.19 bits per heavy atom. The van der Waals surface area contributed by atoms with Crippen LogP contribution in [0.2, 0.25) is 5.02 Å². The summed E-state index contributed by atoms with van der Waals surface area (Å²) in [5.41, 5.74) is 2.04. The number of ether oxygens (including phenoxy) is 3. The van der Waals surface area contributed by atoms with E-state index in [4.69, 9.17) is 25.8 Å². The third kappa shape index (κ3) is 3.57. The lowest BCUT2D eigenvalue weighted by Gasteiger charge is -2.29. The molecular weight excluding hydrogens is 424 g/mol. The Labute approximate surface area is 184 Å². The number of nitrogens with one attached hydrogen (secondary N) is 1. The molecule has 2 atom stereocenters. The molecule has 0 aliphatic carbocycles. The normalized spacial score (nSPS) is 19.8. The number of carbonyl (C=O) groups excluding carboxylic acids is 3. The molecule has 0 spiro atoms. The Hall–Kier alpha value is -3.26. The molecule has 0 aromatic heterocycles. The maximum atomic E-state index is 13.1. The van der Waals surface area contributed by atoms with Crippen LogP contribution in [-0.4, -0.2) is 42.9 Å². The van der Waals surface area contributed by atoms with Crippen LogP contribution in [0.15, 0.2) is 30.3 Å². The average molecular weight is 445 g/mol. The maximum Gasteiger partial charge on any atom is 0.344 e. The number of hydrogen-bond donors (Lipinski definition) is 1. The van der Waals surface area contributed by atoms with E-state index < -0.39 is 18.2 Å². The van der Waals surface area contributed by atoms with Gasteiger partial charge in [0, 0.05) is 22.7 Å². The summed E-state index contributed by atoms with van der Waals surface area (Å²) in [6.45, 7) is 1.85. The number of anilines is 1. The first-order valence-corrected chi connectivity index (χ1v) is 10.1. The van der Waals surface area contributed by atoms with E-state index in [0.717, 1.165) is 5.56 Å². The van der Waals surface area contributed by atoms with Gasteiger partial charge in [0.05, 0.1) is 14.2 Å². The number of hydrogen-bond acceptors (Lipinski definition) is 6. The molecule has 8 nitrogen and oxygen atoms in total. The summed E-state index contributed by atoms with van der Waals surface area (Å²) in [6.07, 6.45) is -0.543. The van der Waals surface area contributed by atoms with Crippen molar-refractivity contribution in [1.29, 1.82) is 0 Å². The Balaban J connectivity index is 1.66. The van der Waals surface area contributed by atoms with E-state index in [1.165, 1.54) is 19.1 Å². The van der Waals surface area contributed by atoms with Crippen molar-refractivity contribution in [2.75, 3.05) is 19.5 Å². The first kappa shape index (κ1) is 21.0. The van der Waals surface area contributed by atoms with E-state index in [1.807, 2.05) is 6.92 Å². The zero-order valence-corrected chi connectivity index (χ0v) is 18.0. The number of benzene rings is 2. The summed E-state index contributed by atoms with van der Waals surface area (Å²) in [7, 11) is 2.88. The van der Waals surface area contributed by atoms with Gasteiger partial charge in [-0.25, -0.2) is 4.79 Å². The number of fused-ring (bicyclic) bond motifs is 1. The Kier molecular flexibility index (Phi) is 5.49. The molecule has 0 radical (unpaired) electrons. The third-order valence-corrected chi connectivity index (χ3v) is 5.77. The van der Waals surface area contributed by atoms with Crippen LogP contribution in [0.1, 0.15) is 40.6 Å². The Morgan fingerprint density at radius 3 is 2.68 bits per heavy atom. The summed E-state index contributed by atoms with van der Waals surface area (Å²) in [5.74, 6) is -0.683. The fourth-order valence-electron chi connectivity index (χ4n) is 3.99. The Morgan fingerprint density at radius 2 is 1.97 bits per heavy atom. The van der Waals surface area contributed by atoms with Gasteiger partial charge < -0.3 is 19.5 Å². The molecule has 0 bridgehead atoms. The summed E-state index contributed by atoms with van der Waals surface area (Å²) in [4.78, 5) is 39.7. The first-order chi connectivity index (χ1) is 14.8. The molecule has 2 heterocycles. The average Bonchev–Trinajstić information content (AvgIpc) is 3.29. The second-order valence-corrected chi connectivity index (χ2v) is 7.76. The molecule has 2 aromatic rings. The van der Waals surface area contributed by atoms with Gasteiger partial charge in [0.1, 0.15) is 11.6 Å². The fourth-order valence-corrected chi connectivity index (χ4v) is 4.16. The van der Waals surface area contributed by atoms with Gasteiger partial charge in [-0.2, -0.15) is 0 Å². The van der Waals surface area contributed by atoms with Gasteiger partial charge in [-0.3, -0.25) is 14.5 Å². The highest BCUT2D eigenvalue weighted by atomic mass is 35.5. The van der Waals surface area contributed by atoms with Gasteiger partial charge in [0.2, 0.25) is 18.0 Å². The molecule has 2 aliphatic rings. The number of methoxy groups -OCH3 is 2. The van der Waals surface area contributed by atoms with Crippen molar-refractivity contribution in [2.45, 2.75) is 32.0 Å². The van der Waals surface area contributed by atoms with Gasteiger partial charge in [-0.05, 0) is 43.2 Å². The van der Waals surface area contributed by atoms with E-state index in [0.29, 0.717) is 28.4 Å². The minimum absolute atomic E-state index is 0.170. The number of halogens is 1. The number of rotatable bonds is 5. The summed E-state index contributed by atoms with van der Waals surface area (Å²) < 4.78 is 16.1. The highest BCUT2D eigenvalue weighted by Crippen LogP contribution is 2.45. The van der Waals surface area contributed by atoms with Gasteiger partial charge in [0.15, 0.2) is 11.5 Å². The van der Waals surface area contributed by atoms with Crippen LogP contribution in [0.4, 0.5) is 5.69 Å². The highest BCUT2D eigenvalue weighted by molar-refractivity contribution is 6.31. The second kappa shape index (κ2) is 8.11. The zero-order valence-electron chi connectivity index (χ0n) is 17.2. The molecule has 31 heavy (non-hydrogen) atoms. The van der Waals surface area contributed by atoms with Crippen molar-refractivity contribution in [2.24, 2.45) is 0 Å². The topological polar surface area (TPSA) is 94.2 Å². The Bertz CT molecular complexity index is 1090. The molecular formula is C22H21ClN2O6. The predicted octanol–water partition coefficient (Wildman–Crippen LogP) is 3.46. The molecule has 9 heteroatoms. The van der Waals surface area contributed by atoms with Crippen LogP contribution in [0.25, 0.3) is 0 Å². The van der Waals surface area contributed by atoms with Crippen molar-refractivity contribution in [3.05, 3.63) is 52.0 Å². The van der Waals surface area contributed by atoms with E-state index in [1.54, 1.807) is 30.3 Å². The molecule has 2 amide bonds. The van der Waals surface area contributed by atoms with E-state index in [9.17, 15) is 14.4 Å². The monoisotopic (exact) mass is 444 g/mol. The molecule has 1 saturated heterocycles. The lowest BCUT2D eigenvalue weighted by Crippen LogP contribution is -2.44. The third-order valence-electron chi connectivity index (χ3n) is 5.53. The molecule has 0 saturated carbocycles. The van der Waals surface area contributed by atoms with Crippen molar-refractivity contribution in [3.63, 3.8) is 0 Å². The lowest BCUT2D eigenvalue weighted by molar-refractivity contribution is -0.144. The molecule has 2 aliphatic heterocycles. The fraction of sp³-hybridized carbons (Fsp3) is 0.318.